The predicted molar refractivity (Wildman–Crippen MR) is 141 cm³/mol. The maximum absolute atomic E-state index is 14.3. The lowest BCUT2D eigenvalue weighted by molar-refractivity contribution is -0.00000655. The number of halogens is 1. The normalized spacial score (nSPS) is 11.1. The van der Waals surface area contributed by atoms with E-state index in [9.17, 15) is 4.79 Å². The van der Waals surface area contributed by atoms with E-state index in [4.69, 9.17) is 0 Å². The molecule has 34 heavy (non-hydrogen) atoms. The highest BCUT2D eigenvalue weighted by Gasteiger charge is 2.52. The summed E-state index contributed by atoms with van der Waals surface area (Å²) in [5.74, 6) is 0. The fraction of sp³-hybridized carbons (Fsp3) is 0.0690. The van der Waals surface area contributed by atoms with Crippen molar-refractivity contribution in [1.29, 1.82) is 0 Å². The van der Waals surface area contributed by atoms with Gasteiger partial charge in [-0.05, 0) is 55.5 Å². The zero-order chi connectivity index (χ0) is 22.8. The van der Waals surface area contributed by atoms with Crippen LogP contribution in [0.4, 0.5) is 0 Å². The van der Waals surface area contributed by atoms with Crippen molar-refractivity contribution in [3.63, 3.8) is 0 Å². The third-order valence-electron chi connectivity index (χ3n) is 6.29. The summed E-state index contributed by atoms with van der Waals surface area (Å²) in [7, 11) is -0.486. The Bertz CT molecular complexity index is 1330. The van der Waals surface area contributed by atoms with Crippen molar-refractivity contribution in [2.45, 2.75) is 6.92 Å². The van der Waals surface area contributed by atoms with Crippen molar-refractivity contribution in [1.82, 2.24) is 9.36 Å². The van der Waals surface area contributed by atoms with Crippen LogP contribution in [0.2, 0.25) is 0 Å². The Balaban J connectivity index is 0.00000274. The molecule has 5 heteroatoms. The molecule has 0 atom stereocenters. The predicted octanol–water partition coefficient (Wildman–Crippen LogP) is 1.11. The van der Waals surface area contributed by atoms with Crippen LogP contribution in [-0.2, 0) is 7.05 Å². The molecule has 0 bridgehead atoms. The molecule has 0 aliphatic heterocycles. The minimum absolute atomic E-state index is 0. The van der Waals surface area contributed by atoms with E-state index in [1.165, 1.54) is 15.9 Å². The Morgan fingerprint density at radius 1 is 0.588 bits per heavy atom. The van der Waals surface area contributed by atoms with Crippen LogP contribution in [0, 0.1) is 6.92 Å². The van der Waals surface area contributed by atoms with Gasteiger partial charge in [0, 0.05) is 7.05 Å². The summed E-state index contributed by atoms with van der Waals surface area (Å²) in [6.07, 6.45) is 0. The summed E-state index contributed by atoms with van der Waals surface area (Å²) in [6.45, 7) is 2.07. The fourth-order valence-corrected chi connectivity index (χ4v) is 9.27. The highest BCUT2D eigenvalue weighted by atomic mass is 127. The number of hydrogen-bond donors (Lipinski definition) is 0. The summed E-state index contributed by atoms with van der Waals surface area (Å²) >= 11 is 0. The number of aromatic nitrogens is 2. The average molecular weight is 576 g/mol. The van der Waals surface area contributed by atoms with Gasteiger partial charge in [-0.15, -0.1) is 0 Å². The lowest BCUT2D eigenvalue weighted by atomic mass is 10.3. The van der Waals surface area contributed by atoms with E-state index in [1.54, 1.807) is 4.68 Å². The highest BCUT2D eigenvalue weighted by molar-refractivity contribution is 8.01. The third-order valence-corrected chi connectivity index (χ3v) is 10.7. The second-order valence-electron chi connectivity index (χ2n) is 8.09. The number of nitrogens with zero attached hydrogens (tertiary/aromatic N) is 2. The van der Waals surface area contributed by atoms with E-state index in [-0.39, 0.29) is 29.5 Å². The molecular weight excluding hydrogens is 550 g/mol. The molecule has 3 nitrogen and oxygen atoms in total. The third kappa shape index (κ3) is 3.85. The van der Waals surface area contributed by atoms with E-state index in [1.807, 2.05) is 60.3 Å². The van der Waals surface area contributed by atoms with Crippen LogP contribution < -0.4 is 50.8 Å². The van der Waals surface area contributed by atoms with Crippen LogP contribution in [0.1, 0.15) is 5.69 Å². The molecule has 0 amide bonds. The molecule has 4 aromatic carbocycles. The lowest BCUT2D eigenvalue weighted by Crippen LogP contribution is -3.00. The zero-order valence-electron chi connectivity index (χ0n) is 19.2. The molecule has 0 radical (unpaired) electrons. The van der Waals surface area contributed by atoms with Crippen LogP contribution in [0.25, 0.3) is 5.69 Å². The number of para-hydroxylation sites is 1. The second kappa shape index (κ2) is 10.1. The molecule has 1 heterocycles. The van der Waals surface area contributed by atoms with Crippen molar-refractivity contribution < 1.29 is 24.0 Å². The van der Waals surface area contributed by atoms with Crippen LogP contribution in [0.5, 0.6) is 0 Å². The van der Waals surface area contributed by atoms with E-state index < -0.39 is 7.26 Å². The van der Waals surface area contributed by atoms with Gasteiger partial charge in [0.1, 0.15) is 15.9 Å². The van der Waals surface area contributed by atoms with Gasteiger partial charge < -0.3 is 24.0 Å². The fourth-order valence-electron chi connectivity index (χ4n) is 4.73. The van der Waals surface area contributed by atoms with Gasteiger partial charge in [-0.25, -0.2) is 4.68 Å². The maximum atomic E-state index is 14.3. The van der Waals surface area contributed by atoms with Crippen LogP contribution in [-0.4, -0.2) is 9.36 Å². The Morgan fingerprint density at radius 3 is 1.32 bits per heavy atom. The first-order valence-electron chi connectivity index (χ1n) is 11.1. The second-order valence-corrected chi connectivity index (χ2v) is 11.4. The van der Waals surface area contributed by atoms with E-state index in [2.05, 4.69) is 79.7 Å². The summed E-state index contributed by atoms with van der Waals surface area (Å²) in [5, 5.41) is 4.40. The molecule has 0 spiro atoms. The van der Waals surface area contributed by atoms with Crippen LogP contribution in [0.15, 0.2) is 126 Å². The van der Waals surface area contributed by atoms with Gasteiger partial charge in [0.05, 0.1) is 11.4 Å². The maximum Gasteiger partial charge on any atom is 0.315 e. The highest BCUT2D eigenvalue weighted by Crippen LogP contribution is 2.54. The molecule has 5 rings (SSSR count). The minimum atomic E-state index is -2.46. The Morgan fingerprint density at radius 2 is 0.941 bits per heavy atom. The largest absolute Gasteiger partial charge is 1.00 e. The quantitative estimate of drug-likeness (QED) is 0.228. The first kappa shape index (κ1) is 24.2. The Hall–Kier alpha value is -2.95. The summed E-state index contributed by atoms with van der Waals surface area (Å²) < 4.78 is 3.80. The molecule has 0 saturated carbocycles. The van der Waals surface area contributed by atoms with Gasteiger partial charge in [0.15, 0.2) is 12.6 Å². The molecule has 0 aliphatic rings. The molecule has 0 aliphatic carbocycles. The van der Waals surface area contributed by atoms with Crippen molar-refractivity contribution in [2.24, 2.45) is 7.05 Å². The zero-order valence-corrected chi connectivity index (χ0v) is 22.2. The summed E-state index contributed by atoms with van der Waals surface area (Å²) in [6, 6.07) is 41.5. The lowest BCUT2D eigenvalue weighted by Gasteiger charge is -2.26. The molecule has 1 aromatic heterocycles. The summed E-state index contributed by atoms with van der Waals surface area (Å²) in [5.41, 5.74) is 1.88. The Labute approximate surface area is 218 Å². The molecule has 0 N–H and O–H groups in total. The number of benzene rings is 4. The van der Waals surface area contributed by atoms with Gasteiger partial charge in [0.25, 0.3) is 0 Å². The van der Waals surface area contributed by atoms with Gasteiger partial charge in [-0.2, -0.15) is 0 Å². The first-order chi connectivity index (χ1) is 16.2. The molecule has 170 valence electrons. The Kier molecular flexibility index (Phi) is 7.20. The smallest absolute Gasteiger partial charge is 0.315 e. The van der Waals surface area contributed by atoms with Gasteiger partial charge in [0.2, 0.25) is 0 Å². The molecule has 0 unspecified atom stereocenters. The van der Waals surface area contributed by atoms with Gasteiger partial charge >= 0.3 is 5.56 Å². The van der Waals surface area contributed by atoms with Crippen molar-refractivity contribution in [3.05, 3.63) is 137 Å². The van der Waals surface area contributed by atoms with Crippen LogP contribution in [0.3, 0.4) is 0 Å². The first-order valence-corrected chi connectivity index (χ1v) is 12.8. The standard InChI is InChI=1S/C29H26N2OP.HI/c1-23-28(29(32)31(30(23)2)24-15-7-3-8-16-24)33(25-17-9-4-10-18-25,26-19-11-5-12-20-26)27-21-13-6-14-22-27;/h3-22H,1-2H3;1H/q+1;/p-1. The van der Waals surface area contributed by atoms with Crippen molar-refractivity contribution in [2.75, 3.05) is 0 Å². The van der Waals surface area contributed by atoms with Gasteiger partial charge in [-0.1, -0.05) is 72.8 Å². The molecular formula is C29H26IN2OP. The molecule has 0 fully saturated rings. The van der Waals surface area contributed by atoms with E-state index in [0.29, 0.717) is 0 Å². The summed E-state index contributed by atoms with van der Waals surface area (Å²) in [4.78, 5) is 14.3. The number of rotatable bonds is 5. The molecule has 5 aromatic rings. The van der Waals surface area contributed by atoms with Crippen LogP contribution >= 0.6 is 7.26 Å². The topological polar surface area (TPSA) is 26.9 Å². The van der Waals surface area contributed by atoms with Gasteiger partial charge in [-0.3, -0.25) is 9.48 Å². The minimum Gasteiger partial charge on any atom is -1.00 e. The van der Waals surface area contributed by atoms with E-state index in [0.717, 1.165) is 16.7 Å². The average Bonchev–Trinajstić information content (AvgIpc) is 3.11. The van der Waals surface area contributed by atoms with Crippen molar-refractivity contribution in [3.8, 4) is 5.69 Å². The molecule has 0 saturated heterocycles. The number of hydrogen-bond acceptors (Lipinski definition) is 1. The monoisotopic (exact) mass is 576 g/mol. The van der Waals surface area contributed by atoms with E-state index >= 15 is 0 Å². The van der Waals surface area contributed by atoms with Crippen molar-refractivity contribution >= 4 is 28.5 Å². The SMILES string of the molecule is Cc1c([P+](c2ccccc2)(c2ccccc2)c2ccccc2)c(=O)n(-c2ccccc2)n1C.[I-].